The largest absolute Gasteiger partial charge is 0.493 e. The first-order valence-electron chi connectivity index (χ1n) is 8.39. The SMILES string of the molecule is O=C(N[C@H](c1ccc2c(c1)CCO2)C1CC(O)C1)c1c[nH]c(=O)cn1. The number of rotatable bonds is 4. The topological polar surface area (TPSA) is 104 Å². The van der Waals surface area contributed by atoms with Gasteiger partial charge in [0.1, 0.15) is 11.4 Å². The number of amides is 1. The van der Waals surface area contributed by atoms with Gasteiger partial charge in [-0.15, -0.1) is 0 Å². The lowest BCUT2D eigenvalue weighted by Crippen LogP contribution is -2.41. The number of fused-ring (bicyclic) bond motifs is 1. The van der Waals surface area contributed by atoms with Gasteiger partial charge < -0.3 is 20.1 Å². The summed E-state index contributed by atoms with van der Waals surface area (Å²) in [6.07, 6.45) is 4.24. The molecule has 0 bridgehead atoms. The molecule has 1 aliphatic carbocycles. The summed E-state index contributed by atoms with van der Waals surface area (Å²) in [6, 6.07) is 5.75. The maximum Gasteiger partial charge on any atom is 0.271 e. The molecule has 4 rings (SSSR count). The van der Waals surface area contributed by atoms with Crippen LogP contribution in [0.5, 0.6) is 5.75 Å². The Bertz CT molecular complexity index is 837. The Kier molecular flexibility index (Phi) is 4.01. The molecule has 0 unspecified atom stereocenters. The lowest BCUT2D eigenvalue weighted by atomic mass is 9.75. The average Bonchev–Trinajstić information content (AvgIpc) is 3.05. The lowest BCUT2D eigenvalue weighted by Gasteiger charge is -2.38. The molecule has 0 spiro atoms. The molecule has 0 saturated heterocycles. The van der Waals surface area contributed by atoms with Crippen molar-refractivity contribution in [2.24, 2.45) is 5.92 Å². The van der Waals surface area contributed by atoms with Crippen LogP contribution in [-0.2, 0) is 6.42 Å². The number of aromatic nitrogens is 2. The summed E-state index contributed by atoms with van der Waals surface area (Å²) in [6.45, 7) is 0.680. The van der Waals surface area contributed by atoms with Gasteiger partial charge in [-0.1, -0.05) is 6.07 Å². The van der Waals surface area contributed by atoms with Crippen LogP contribution in [0.4, 0.5) is 0 Å². The van der Waals surface area contributed by atoms with Crippen molar-refractivity contribution >= 4 is 5.91 Å². The van der Waals surface area contributed by atoms with E-state index in [9.17, 15) is 14.7 Å². The average molecular weight is 341 g/mol. The van der Waals surface area contributed by atoms with Crippen molar-refractivity contribution in [3.63, 3.8) is 0 Å². The van der Waals surface area contributed by atoms with Gasteiger partial charge in [0.05, 0.1) is 24.9 Å². The second-order valence-corrected chi connectivity index (χ2v) is 6.60. The van der Waals surface area contributed by atoms with Gasteiger partial charge in [0.25, 0.3) is 11.5 Å². The number of hydrogen-bond donors (Lipinski definition) is 3. The molecule has 1 fully saturated rings. The molecule has 0 radical (unpaired) electrons. The molecule has 2 aliphatic rings. The van der Waals surface area contributed by atoms with Crippen molar-refractivity contribution in [2.75, 3.05) is 6.61 Å². The van der Waals surface area contributed by atoms with E-state index in [1.54, 1.807) is 0 Å². The molecule has 1 atom stereocenters. The molecular formula is C18H19N3O4. The number of carbonyl (C=O) groups is 1. The Balaban J connectivity index is 1.59. The first-order chi connectivity index (χ1) is 12.1. The quantitative estimate of drug-likeness (QED) is 0.768. The predicted molar refractivity (Wildman–Crippen MR) is 89.4 cm³/mol. The van der Waals surface area contributed by atoms with Crippen molar-refractivity contribution in [1.29, 1.82) is 0 Å². The minimum absolute atomic E-state index is 0.161. The number of benzene rings is 1. The van der Waals surface area contributed by atoms with E-state index < -0.39 is 0 Å². The summed E-state index contributed by atoms with van der Waals surface area (Å²) in [4.78, 5) is 30.0. The summed E-state index contributed by atoms with van der Waals surface area (Å²) in [7, 11) is 0. The third-order valence-electron chi connectivity index (χ3n) is 4.88. The third-order valence-corrected chi connectivity index (χ3v) is 4.88. The number of hydrogen-bond acceptors (Lipinski definition) is 5. The number of aliphatic hydroxyl groups is 1. The van der Waals surface area contributed by atoms with Crippen LogP contribution in [0.1, 0.15) is 40.5 Å². The van der Waals surface area contributed by atoms with Gasteiger partial charge in [-0.2, -0.15) is 0 Å². The first kappa shape index (κ1) is 15.8. The van der Waals surface area contributed by atoms with E-state index >= 15 is 0 Å². The van der Waals surface area contributed by atoms with E-state index in [-0.39, 0.29) is 35.2 Å². The fourth-order valence-corrected chi connectivity index (χ4v) is 3.46. The minimum Gasteiger partial charge on any atom is -0.493 e. The van der Waals surface area contributed by atoms with Crippen LogP contribution in [-0.4, -0.2) is 33.7 Å². The van der Waals surface area contributed by atoms with Crippen LogP contribution in [0.3, 0.4) is 0 Å². The zero-order chi connectivity index (χ0) is 17.4. The van der Waals surface area contributed by atoms with Gasteiger partial charge in [0, 0.05) is 12.6 Å². The Morgan fingerprint density at radius 1 is 1.40 bits per heavy atom. The minimum atomic E-state index is -0.353. The number of H-pyrrole nitrogens is 1. The van der Waals surface area contributed by atoms with Crippen molar-refractivity contribution < 1.29 is 14.6 Å². The molecule has 1 saturated carbocycles. The molecule has 130 valence electrons. The summed E-state index contributed by atoms with van der Waals surface area (Å²) in [5.74, 6) is 0.714. The van der Waals surface area contributed by atoms with Gasteiger partial charge in [0.2, 0.25) is 0 Å². The van der Waals surface area contributed by atoms with Crippen LogP contribution in [0.2, 0.25) is 0 Å². The Labute approximate surface area is 144 Å². The van der Waals surface area contributed by atoms with Crippen LogP contribution in [0.15, 0.2) is 35.4 Å². The van der Waals surface area contributed by atoms with Crippen LogP contribution < -0.4 is 15.6 Å². The molecule has 25 heavy (non-hydrogen) atoms. The summed E-state index contributed by atoms with van der Waals surface area (Å²) in [5.41, 5.74) is 1.94. The lowest BCUT2D eigenvalue weighted by molar-refractivity contribution is 0.0234. The maximum absolute atomic E-state index is 12.5. The van der Waals surface area contributed by atoms with Gasteiger partial charge in [0.15, 0.2) is 0 Å². The van der Waals surface area contributed by atoms with Crippen LogP contribution in [0.25, 0.3) is 0 Å². The smallest absolute Gasteiger partial charge is 0.271 e. The fourth-order valence-electron chi connectivity index (χ4n) is 3.46. The number of carbonyl (C=O) groups excluding carboxylic acids is 1. The molecular weight excluding hydrogens is 322 g/mol. The van der Waals surface area contributed by atoms with E-state index in [1.807, 2.05) is 12.1 Å². The van der Waals surface area contributed by atoms with Gasteiger partial charge >= 0.3 is 0 Å². The van der Waals surface area contributed by atoms with Crippen molar-refractivity contribution in [1.82, 2.24) is 15.3 Å². The Morgan fingerprint density at radius 3 is 2.96 bits per heavy atom. The second kappa shape index (κ2) is 6.33. The van der Waals surface area contributed by atoms with Crippen LogP contribution in [0, 0.1) is 5.92 Å². The van der Waals surface area contributed by atoms with Crippen molar-refractivity contribution in [2.45, 2.75) is 31.4 Å². The normalized spacial score (nSPS) is 22.4. The Hall–Kier alpha value is -2.67. The predicted octanol–water partition coefficient (Wildman–Crippen LogP) is 0.947. The molecule has 7 nitrogen and oxygen atoms in total. The molecule has 2 aromatic rings. The fraction of sp³-hybridized carbons (Fsp3) is 0.389. The molecule has 1 aromatic heterocycles. The number of nitrogens with one attached hydrogen (secondary N) is 2. The van der Waals surface area contributed by atoms with Gasteiger partial charge in [-0.25, -0.2) is 4.98 Å². The summed E-state index contributed by atoms with van der Waals surface area (Å²) in [5, 5.41) is 12.7. The van der Waals surface area contributed by atoms with E-state index in [0.717, 1.165) is 29.5 Å². The molecule has 2 heterocycles. The monoisotopic (exact) mass is 341 g/mol. The maximum atomic E-state index is 12.5. The van der Waals surface area contributed by atoms with E-state index in [0.29, 0.717) is 19.4 Å². The van der Waals surface area contributed by atoms with Crippen molar-refractivity contribution in [3.8, 4) is 5.75 Å². The first-order valence-corrected chi connectivity index (χ1v) is 8.39. The van der Waals surface area contributed by atoms with E-state index in [2.05, 4.69) is 21.4 Å². The standard InChI is InChI=1S/C18H19N3O4/c22-13-6-12(7-13)17(11-1-2-15-10(5-11)3-4-25-15)21-18(24)14-8-20-16(23)9-19-14/h1-2,5,8-9,12-13,17,22H,3-4,6-7H2,(H,20,23)(H,21,24)/t12?,13?,17-/m1/s1. The summed E-state index contributed by atoms with van der Waals surface area (Å²) < 4.78 is 5.54. The van der Waals surface area contributed by atoms with E-state index in [4.69, 9.17) is 4.74 Å². The zero-order valence-electron chi connectivity index (χ0n) is 13.6. The molecule has 1 amide bonds. The highest BCUT2D eigenvalue weighted by Crippen LogP contribution is 2.39. The van der Waals surface area contributed by atoms with Crippen LogP contribution >= 0.6 is 0 Å². The second-order valence-electron chi connectivity index (χ2n) is 6.60. The molecule has 1 aromatic carbocycles. The number of nitrogens with zero attached hydrogens (tertiary/aromatic N) is 1. The van der Waals surface area contributed by atoms with Gasteiger partial charge in [-0.3, -0.25) is 9.59 Å². The Morgan fingerprint density at radius 2 is 2.24 bits per heavy atom. The molecule has 1 aliphatic heterocycles. The van der Waals surface area contributed by atoms with Gasteiger partial charge in [-0.05, 0) is 42.0 Å². The van der Waals surface area contributed by atoms with E-state index in [1.165, 1.54) is 6.20 Å². The number of aromatic amines is 1. The molecule has 3 N–H and O–H groups in total. The number of aliphatic hydroxyl groups excluding tert-OH is 1. The summed E-state index contributed by atoms with van der Waals surface area (Å²) >= 11 is 0. The molecule has 7 heteroatoms. The highest BCUT2D eigenvalue weighted by Gasteiger charge is 2.36. The zero-order valence-corrected chi connectivity index (χ0v) is 13.6. The highest BCUT2D eigenvalue weighted by atomic mass is 16.5. The highest BCUT2D eigenvalue weighted by molar-refractivity contribution is 5.92. The van der Waals surface area contributed by atoms with Crippen molar-refractivity contribution in [3.05, 3.63) is 57.8 Å². The third kappa shape index (κ3) is 3.15. The number of ether oxygens (including phenoxy) is 1.